The van der Waals surface area contributed by atoms with Gasteiger partial charge in [0.05, 0.1) is 24.3 Å². The van der Waals surface area contributed by atoms with Crippen molar-refractivity contribution >= 4 is 21.0 Å². The van der Waals surface area contributed by atoms with E-state index in [-0.39, 0.29) is 11.5 Å². The fourth-order valence-electron chi connectivity index (χ4n) is 4.78. The van der Waals surface area contributed by atoms with Crippen LogP contribution in [-0.2, 0) is 29.2 Å². The van der Waals surface area contributed by atoms with Gasteiger partial charge in [0.1, 0.15) is 22.9 Å². The molecule has 1 aliphatic rings. The van der Waals surface area contributed by atoms with E-state index in [9.17, 15) is 8.42 Å². The van der Waals surface area contributed by atoms with Gasteiger partial charge in [-0.25, -0.2) is 18.4 Å². The number of sulfone groups is 1. The molecule has 0 amide bonds. The minimum Gasteiger partial charge on any atom is -0.497 e. The Kier molecular flexibility index (Phi) is 6.81. The standard InChI is InChI=1S/C26H31N5O4S/c1-18-25(19(2)35-29-18)21-16-23-26(27-17-21)31(11-10-30-12-14-36(32,33)15-13-30)24(28-23)9-6-20-4-7-22(34-3)8-5-20/h4-5,7-8,16-17H,6,9-15H2,1-3H3. The summed E-state index contributed by atoms with van der Waals surface area (Å²) < 4.78 is 36.5. The summed E-state index contributed by atoms with van der Waals surface area (Å²) >= 11 is 0. The highest BCUT2D eigenvalue weighted by Gasteiger charge is 2.22. The number of hydrogen-bond donors (Lipinski definition) is 0. The van der Waals surface area contributed by atoms with Crippen molar-refractivity contribution in [2.24, 2.45) is 0 Å². The quantitative estimate of drug-likeness (QED) is 0.357. The number of benzene rings is 1. The van der Waals surface area contributed by atoms with Crippen molar-refractivity contribution < 1.29 is 17.7 Å². The predicted octanol–water partition coefficient (Wildman–Crippen LogP) is 3.23. The summed E-state index contributed by atoms with van der Waals surface area (Å²) in [6.45, 7) is 6.42. The first kappa shape index (κ1) is 24.5. The van der Waals surface area contributed by atoms with Gasteiger partial charge in [0.25, 0.3) is 0 Å². The Balaban J connectivity index is 1.43. The fraction of sp³-hybridized carbons (Fsp3) is 0.423. The van der Waals surface area contributed by atoms with Gasteiger partial charge in [-0.1, -0.05) is 17.3 Å². The zero-order chi connectivity index (χ0) is 25.3. The summed E-state index contributed by atoms with van der Waals surface area (Å²) in [5.41, 5.74) is 5.59. The lowest BCUT2D eigenvalue weighted by molar-refractivity contribution is 0.283. The molecule has 9 nitrogen and oxygen atoms in total. The summed E-state index contributed by atoms with van der Waals surface area (Å²) in [5, 5.41) is 4.08. The van der Waals surface area contributed by atoms with E-state index in [1.165, 1.54) is 5.56 Å². The van der Waals surface area contributed by atoms with Crippen molar-refractivity contribution in [2.75, 3.05) is 38.2 Å². The van der Waals surface area contributed by atoms with Crippen molar-refractivity contribution in [3.05, 3.63) is 59.4 Å². The van der Waals surface area contributed by atoms with E-state index in [4.69, 9.17) is 19.2 Å². The van der Waals surface area contributed by atoms with Crippen LogP contribution in [0.1, 0.15) is 22.8 Å². The predicted molar refractivity (Wildman–Crippen MR) is 138 cm³/mol. The largest absolute Gasteiger partial charge is 0.497 e. The van der Waals surface area contributed by atoms with Gasteiger partial charge in [-0.05, 0) is 44.0 Å². The maximum Gasteiger partial charge on any atom is 0.160 e. The van der Waals surface area contributed by atoms with Crippen molar-refractivity contribution in [1.29, 1.82) is 0 Å². The lowest BCUT2D eigenvalue weighted by Gasteiger charge is -2.26. The van der Waals surface area contributed by atoms with Gasteiger partial charge < -0.3 is 13.8 Å². The molecule has 1 saturated heterocycles. The van der Waals surface area contributed by atoms with E-state index in [0.717, 1.165) is 64.7 Å². The molecule has 0 spiro atoms. The van der Waals surface area contributed by atoms with Gasteiger partial charge in [0.2, 0.25) is 0 Å². The lowest BCUT2D eigenvalue weighted by atomic mass is 10.1. The summed E-state index contributed by atoms with van der Waals surface area (Å²) in [6.07, 6.45) is 3.46. The molecule has 1 aromatic carbocycles. The third-order valence-electron chi connectivity index (χ3n) is 6.86. The van der Waals surface area contributed by atoms with E-state index >= 15 is 0 Å². The Bertz CT molecular complexity index is 1440. The molecular weight excluding hydrogens is 478 g/mol. The number of rotatable bonds is 8. The van der Waals surface area contributed by atoms with Gasteiger partial charge in [0, 0.05) is 49.9 Å². The first-order valence-electron chi connectivity index (χ1n) is 12.2. The van der Waals surface area contributed by atoms with Crippen LogP contribution in [0.15, 0.2) is 41.1 Å². The molecule has 4 aromatic rings. The number of fused-ring (bicyclic) bond motifs is 1. The molecule has 0 aliphatic carbocycles. The number of imidazole rings is 1. The molecule has 190 valence electrons. The Morgan fingerprint density at radius 1 is 1.06 bits per heavy atom. The topological polar surface area (TPSA) is 103 Å². The zero-order valence-electron chi connectivity index (χ0n) is 20.9. The second kappa shape index (κ2) is 10.0. The fourth-order valence-corrected chi connectivity index (χ4v) is 6.06. The number of ether oxygens (including phenoxy) is 1. The van der Waals surface area contributed by atoms with Crippen molar-refractivity contribution in [2.45, 2.75) is 33.2 Å². The van der Waals surface area contributed by atoms with E-state index in [0.29, 0.717) is 19.6 Å². The molecule has 36 heavy (non-hydrogen) atoms. The van der Waals surface area contributed by atoms with E-state index < -0.39 is 9.84 Å². The van der Waals surface area contributed by atoms with Crippen LogP contribution in [0.2, 0.25) is 0 Å². The van der Waals surface area contributed by atoms with E-state index in [2.05, 4.69) is 32.8 Å². The maximum atomic E-state index is 11.8. The highest BCUT2D eigenvalue weighted by molar-refractivity contribution is 7.91. The van der Waals surface area contributed by atoms with E-state index in [1.54, 1.807) is 7.11 Å². The summed E-state index contributed by atoms with van der Waals surface area (Å²) in [4.78, 5) is 12.0. The Morgan fingerprint density at radius 3 is 2.47 bits per heavy atom. The smallest absolute Gasteiger partial charge is 0.160 e. The monoisotopic (exact) mass is 509 g/mol. The van der Waals surface area contributed by atoms with Crippen LogP contribution in [-0.4, -0.2) is 71.3 Å². The molecular formula is C26H31N5O4S. The zero-order valence-corrected chi connectivity index (χ0v) is 21.7. The molecule has 0 atom stereocenters. The Morgan fingerprint density at radius 2 is 1.81 bits per heavy atom. The molecule has 0 unspecified atom stereocenters. The van der Waals surface area contributed by atoms with Crippen LogP contribution in [0, 0.1) is 13.8 Å². The molecule has 0 saturated carbocycles. The third-order valence-corrected chi connectivity index (χ3v) is 8.47. The highest BCUT2D eigenvalue weighted by atomic mass is 32.2. The lowest BCUT2D eigenvalue weighted by Crippen LogP contribution is -2.41. The first-order valence-corrected chi connectivity index (χ1v) is 14.0. The maximum absolute atomic E-state index is 11.8. The van der Waals surface area contributed by atoms with Crippen LogP contribution in [0.25, 0.3) is 22.3 Å². The van der Waals surface area contributed by atoms with Gasteiger partial charge in [-0.3, -0.25) is 4.90 Å². The molecule has 1 aliphatic heterocycles. The highest BCUT2D eigenvalue weighted by Crippen LogP contribution is 2.29. The molecule has 0 N–H and O–H groups in total. The van der Waals surface area contributed by atoms with Crippen LogP contribution in [0.4, 0.5) is 0 Å². The van der Waals surface area contributed by atoms with Crippen LogP contribution in [0.3, 0.4) is 0 Å². The average molecular weight is 510 g/mol. The van der Waals surface area contributed by atoms with Crippen molar-refractivity contribution in [1.82, 2.24) is 24.6 Å². The first-order chi connectivity index (χ1) is 17.3. The van der Waals surface area contributed by atoms with Crippen LogP contribution < -0.4 is 4.74 Å². The summed E-state index contributed by atoms with van der Waals surface area (Å²) in [6, 6.07) is 10.2. The van der Waals surface area contributed by atoms with Gasteiger partial charge in [-0.15, -0.1) is 0 Å². The normalized spacial score (nSPS) is 16.0. The van der Waals surface area contributed by atoms with Crippen LogP contribution >= 0.6 is 0 Å². The van der Waals surface area contributed by atoms with Crippen molar-refractivity contribution in [3.63, 3.8) is 0 Å². The minimum atomic E-state index is -2.90. The van der Waals surface area contributed by atoms with Gasteiger partial charge in [0.15, 0.2) is 15.5 Å². The number of methoxy groups -OCH3 is 1. The summed E-state index contributed by atoms with van der Waals surface area (Å²) in [5.74, 6) is 3.01. The molecule has 5 rings (SSSR count). The molecule has 4 heterocycles. The number of hydrogen-bond acceptors (Lipinski definition) is 8. The molecule has 10 heteroatoms. The second-order valence-corrected chi connectivity index (χ2v) is 11.6. The Hall–Kier alpha value is -3.24. The SMILES string of the molecule is COc1ccc(CCc2nc3cc(-c4c(C)noc4C)cnc3n2CCN2CCS(=O)(=O)CC2)cc1. The Labute approximate surface area is 211 Å². The second-order valence-electron chi connectivity index (χ2n) is 9.29. The molecule has 0 bridgehead atoms. The number of nitrogens with zero attached hydrogens (tertiary/aromatic N) is 5. The number of pyridine rings is 1. The molecule has 0 radical (unpaired) electrons. The third kappa shape index (κ3) is 5.15. The van der Waals surface area contributed by atoms with Gasteiger partial charge >= 0.3 is 0 Å². The van der Waals surface area contributed by atoms with E-state index in [1.807, 2.05) is 32.2 Å². The minimum absolute atomic E-state index is 0.223. The van der Waals surface area contributed by atoms with Crippen LogP contribution in [0.5, 0.6) is 5.75 Å². The molecule has 3 aromatic heterocycles. The average Bonchev–Trinajstić information content (AvgIpc) is 3.40. The number of aryl methyl sites for hydroxylation is 4. The van der Waals surface area contributed by atoms with Crippen molar-refractivity contribution in [3.8, 4) is 16.9 Å². The summed E-state index contributed by atoms with van der Waals surface area (Å²) in [7, 11) is -1.24. The number of aromatic nitrogens is 4. The molecule has 1 fully saturated rings. The van der Waals surface area contributed by atoms with Gasteiger partial charge in [-0.2, -0.15) is 0 Å².